The molecule has 5 aromatic rings. The van der Waals surface area contributed by atoms with Crippen LogP contribution < -0.4 is 11.1 Å². The van der Waals surface area contributed by atoms with E-state index in [-0.39, 0.29) is 20.5 Å². The fourth-order valence-electron chi connectivity index (χ4n) is 4.63. The smallest absolute Gasteiger partial charge is 0.270 e. The molecule has 0 spiro atoms. The summed E-state index contributed by atoms with van der Waals surface area (Å²) in [4.78, 5) is 24.5. The maximum Gasteiger partial charge on any atom is 0.270 e. The molecule has 3 heterocycles. The first-order valence-electron chi connectivity index (χ1n) is 12.2. The molecule has 0 saturated carbocycles. The van der Waals surface area contributed by atoms with Gasteiger partial charge in [0.2, 0.25) is 5.89 Å². The van der Waals surface area contributed by atoms with E-state index in [0.717, 1.165) is 48.0 Å². The van der Waals surface area contributed by atoms with Gasteiger partial charge >= 0.3 is 0 Å². The number of hydrogen-bond acceptors (Lipinski definition) is 8. The molecule has 3 N–H and O–H groups in total. The number of carbonyl (C=O) groups is 1. The van der Waals surface area contributed by atoms with Crippen molar-refractivity contribution >= 4 is 22.5 Å². The molecule has 9 heteroatoms. The highest BCUT2D eigenvalue weighted by Gasteiger charge is 2.22. The Balaban J connectivity index is 0.00000176. The van der Waals surface area contributed by atoms with Gasteiger partial charge in [0.15, 0.2) is 11.5 Å². The highest BCUT2D eigenvalue weighted by atomic mass is 16.4. The molecule has 1 fully saturated rings. The van der Waals surface area contributed by atoms with E-state index in [1.807, 2.05) is 71.6 Å². The molecule has 0 aliphatic carbocycles. The van der Waals surface area contributed by atoms with Crippen molar-refractivity contribution in [2.45, 2.75) is 6.42 Å². The fourth-order valence-corrected chi connectivity index (χ4v) is 4.63. The minimum Gasteiger partial charge on any atom is -0.414 e. The number of nitrogens with zero attached hydrogens (tertiary/aromatic N) is 5. The molecule has 2 aromatic heterocycles. The Hall–Kier alpha value is -4.63. The largest absolute Gasteiger partial charge is 0.414 e. The third kappa shape index (κ3) is 4.41. The zero-order valence-corrected chi connectivity index (χ0v) is 20.1. The lowest BCUT2D eigenvalue weighted by Gasteiger charge is -2.21. The van der Waals surface area contributed by atoms with Crippen molar-refractivity contribution in [2.24, 2.45) is 0 Å². The maximum atomic E-state index is 13.4. The number of aromatic nitrogens is 4. The lowest BCUT2D eigenvalue weighted by Crippen LogP contribution is -2.34. The van der Waals surface area contributed by atoms with Gasteiger partial charge in [-0.3, -0.25) is 4.79 Å². The topological polar surface area (TPSA) is 123 Å². The summed E-state index contributed by atoms with van der Waals surface area (Å²) in [6, 6.07) is 21.1. The van der Waals surface area contributed by atoms with Crippen LogP contribution in [-0.4, -0.2) is 57.2 Å². The number of benzene rings is 3. The van der Waals surface area contributed by atoms with E-state index < -0.39 is 0 Å². The molecule has 0 radical (unpaired) electrons. The molecule has 1 aliphatic rings. The predicted octanol–water partition coefficient (Wildman–Crippen LogP) is 4.52. The van der Waals surface area contributed by atoms with Crippen LogP contribution in [0.2, 0.25) is 0 Å². The van der Waals surface area contributed by atoms with E-state index in [1.54, 1.807) is 6.20 Å². The van der Waals surface area contributed by atoms with Crippen molar-refractivity contribution in [2.75, 3.05) is 31.9 Å². The van der Waals surface area contributed by atoms with E-state index in [4.69, 9.17) is 15.1 Å². The molecule has 188 valence electrons. The van der Waals surface area contributed by atoms with Gasteiger partial charge in [-0.25, -0.2) is 9.97 Å². The Labute approximate surface area is 216 Å². The number of hydrogen-bond donors (Lipinski definition) is 2. The third-order valence-electron chi connectivity index (χ3n) is 6.51. The zero-order valence-electron chi connectivity index (χ0n) is 20.1. The maximum absolute atomic E-state index is 13.4. The van der Waals surface area contributed by atoms with E-state index in [9.17, 15) is 4.79 Å². The van der Waals surface area contributed by atoms with Gasteiger partial charge in [0, 0.05) is 39.2 Å². The predicted molar refractivity (Wildman–Crippen MR) is 146 cm³/mol. The van der Waals surface area contributed by atoms with Gasteiger partial charge in [-0.1, -0.05) is 48.5 Å². The quantitative estimate of drug-likeness (QED) is 0.373. The fraction of sp³-hybridized carbons (Fsp3) is 0.179. The van der Waals surface area contributed by atoms with Crippen molar-refractivity contribution in [3.8, 4) is 34.3 Å². The molecular weight excluding hydrogens is 466 g/mol. The van der Waals surface area contributed by atoms with Crippen molar-refractivity contribution in [3.05, 3.63) is 78.5 Å². The average Bonchev–Trinajstić information content (AvgIpc) is 3.28. The number of fused-ring (bicyclic) bond motifs is 1. The van der Waals surface area contributed by atoms with Crippen LogP contribution in [0.25, 0.3) is 45.1 Å². The first-order valence-corrected chi connectivity index (χ1v) is 12.2. The number of amides is 1. The van der Waals surface area contributed by atoms with Crippen LogP contribution in [0.4, 0.5) is 5.82 Å². The summed E-state index contributed by atoms with van der Waals surface area (Å²) in [5, 5.41) is 13.4. The number of nitrogen functional groups attached to an aromatic ring is 1. The highest BCUT2D eigenvalue weighted by Crippen LogP contribution is 2.33. The van der Waals surface area contributed by atoms with Crippen LogP contribution in [0, 0.1) is 0 Å². The Bertz CT molecular complexity index is 1590. The number of nitrogens with one attached hydrogen (secondary N) is 1. The van der Waals surface area contributed by atoms with Crippen LogP contribution in [0.5, 0.6) is 0 Å². The Morgan fingerprint density at radius 2 is 1.70 bits per heavy atom. The van der Waals surface area contributed by atoms with Crippen LogP contribution in [-0.2, 0) is 0 Å². The lowest BCUT2D eigenvalue weighted by atomic mass is 9.97. The first-order chi connectivity index (χ1) is 18.2. The van der Waals surface area contributed by atoms with Gasteiger partial charge < -0.3 is 20.4 Å². The minimum absolute atomic E-state index is 0. The van der Waals surface area contributed by atoms with Crippen LogP contribution in [0.15, 0.2) is 77.3 Å². The summed E-state index contributed by atoms with van der Waals surface area (Å²) < 4.78 is 5.88. The Morgan fingerprint density at radius 3 is 2.57 bits per heavy atom. The molecule has 1 amide bonds. The monoisotopic (exact) mass is 495 g/mol. The zero-order chi connectivity index (χ0) is 25.2. The summed E-state index contributed by atoms with van der Waals surface area (Å²) in [7, 11) is 0. The molecular formula is C28H29N7O2. The minimum atomic E-state index is 0. The molecule has 0 bridgehead atoms. The second-order valence-electron chi connectivity index (χ2n) is 8.87. The standard InChI is InChI=1S/C28H25N7O2.2H2/c29-25-24(27-34-33-26(37-27)18-7-2-1-3-8-18)32-23(17-31-25)21-11-12-22(20-10-5-4-9-19(20)21)28(36)35-15-6-13-30-14-16-35;;/h1-5,7-12,17,30H,6,13-16H2,(H2,29,31);2*1H. The summed E-state index contributed by atoms with van der Waals surface area (Å²) >= 11 is 0. The normalized spacial score (nSPS) is 14.0. The van der Waals surface area contributed by atoms with Gasteiger partial charge in [-0.15, -0.1) is 10.2 Å². The number of carbonyl (C=O) groups excluding carboxylic acids is 1. The second-order valence-corrected chi connectivity index (χ2v) is 8.87. The van der Waals surface area contributed by atoms with Gasteiger partial charge in [-0.2, -0.15) is 0 Å². The molecule has 0 atom stereocenters. The SMILES string of the molecule is Nc1ncc(-c2ccc(C(=O)N3CCCNCC3)c3ccccc23)nc1-c1nnc(-c2ccccc2)o1.[HH].[HH]. The summed E-state index contributed by atoms with van der Waals surface area (Å²) in [6.07, 6.45) is 2.56. The molecule has 0 unspecified atom stereocenters. The van der Waals surface area contributed by atoms with Gasteiger partial charge in [0.1, 0.15) is 0 Å². The molecule has 1 saturated heterocycles. The van der Waals surface area contributed by atoms with Gasteiger partial charge in [0.05, 0.1) is 11.9 Å². The van der Waals surface area contributed by atoms with Gasteiger partial charge in [0.25, 0.3) is 11.8 Å². The third-order valence-corrected chi connectivity index (χ3v) is 6.51. The number of nitrogens with two attached hydrogens (primary N) is 1. The molecule has 9 nitrogen and oxygen atoms in total. The van der Waals surface area contributed by atoms with Gasteiger partial charge in [-0.05, 0) is 41.9 Å². The van der Waals surface area contributed by atoms with Crippen molar-refractivity contribution in [3.63, 3.8) is 0 Å². The average molecular weight is 496 g/mol. The van der Waals surface area contributed by atoms with Crippen molar-refractivity contribution in [1.82, 2.24) is 30.4 Å². The lowest BCUT2D eigenvalue weighted by molar-refractivity contribution is 0.0768. The van der Waals surface area contributed by atoms with Crippen molar-refractivity contribution < 1.29 is 12.1 Å². The van der Waals surface area contributed by atoms with Crippen LogP contribution >= 0.6 is 0 Å². The number of rotatable bonds is 4. The molecule has 37 heavy (non-hydrogen) atoms. The molecule has 3 aromatic carbocycles. The van der Waals surface area contributed by atoms with E-state index in [0.29, 0.717) is 29.4 Å². The van der Waals surface area contributed by atoms with Crippen LogP contribution in [0.1, 0.15) is 19.6 Å². The van der Waals surface area contributed by atoms with E-state index in [1.165, 1.54) is 0 Å². The Morgan fingerprint density at radius 1 is 0.919 bits per heavy atom. The molecule has 6 rings (SSSR count). The summed E-state index contributed by atoms with van der Waals surface area (Å²) in [5.41, 5.74) is 9.38. The first kappa shape index (κ1) is 22.8. The molecule has 1 aliphatic heterocycles. The second kappa shape index (κ2) is 9.79. The summed E-state index contributed by atoms with van der Waals surface area (Å²) in [5.74, 6) is 0.795. The number of anilines is 1. The summed E-state index contributed by atoms with van der Waals surface area (Å²) in [6.45, 7) is 3.16. The highest BCUT2D eigenvalue weighted by molar-refractivity contribution is 6.10. The van der Waals surface area contributed by atoms with Crippen molar-refractivity contribution in [1.29, 1.82) is 0 Å². The van der Waals surface area contributed by atoms with E-state index >= 15 is 0 Å². The Kier molecular flexibility index (Phi) is 6.03. The van der Waals surface area contributed by atoms with Crippen LogP contribution in [0.3, 0.4) is 0 Å². The van der Waals surface area contributed by atoms with E-state index in [2.05, 4.69) is 20.5 Å².